The van der Waals surface area contributed by atoms with E-state index in [-0.39, 0.29) is 29.3 Å². The molecule has 0 unspecified atom stereocenters. The summed E-state index contributed by atoms with van der Waals surface area (Å²) in [5, 5.41) is 11.4. The van der Waals surface area contributed by atoms with Crippen molar-refractivity contribution in [3.8, 4) is 17.4 Å². The Hall–Kier alpha value is -4.15. The number of benzene rings is 2. The molecule has 166 valence electrons. The van der Waals surface area contributed by atoms with Crippen molar-refractivity contribution in [1.29, 1.82) is 0 Å². The van der Waals surface area contributed by atoms with Gasteiger partial charge in [0.25, 0.3) is 5.91 Å². The molecule has 7 nitrogen and oxygen atoms in total. The minimum absolute atomic E-state index is 0.0103. The zero-order chi connectivity index (χ0) is 23.3. The van der Waals surface area contributed by atoms with E-state index in [9.17, 15) is 27.2 Å². The van der Waals surface area contributed by atoms with Gasteiger partial charge in [0.2, 0.25) is 5.88 Å². The van der Waals surface area contributed by atoms with Crippen LogP contribution in [0.5, 0.6) is 17.4 Å². The van der Waals surface area contributed by atoms with Crippen molar-refractivity contribution < 1.29 is 41.7 Å². The third-order valence-corrected chi connectivity index (χ3v) is 3.97. The average molecular weight is 450 g/mol. The maximum Gasteiger partial charge on any atom is 0.573 e. The standard InChI is InChI=1S/C21H14F4N2O5/c22-14-8-17(18(28)26-10-12-4-6-13(7-5-12)20(29)30)19(27-11-14)31-15-2-1-3-16(9-15)32-21(23,24)25/h1-9,11H,10H2,(H,26,28)(H,29,30). The first-order chi connectivity index (χ1) is 15.1. The second-order valence-corrected chi connectivity index (χ2v) is 6.32. The molecule has 32 heavy (non-hydrogen) atoms. The molecule has 1 aromatic heterocycles. The van der Waals surface area contributed by atoms with Crippen LogP contribution in [-0.4, -0.2) is 28.3 Å². The van der Waals surface area contributed by atoms with E-state index in [1.165, 1.54) is 36.4 Å². The van der Waals surface area contributed by atoms with Crippen molar-refractivity contribution in [3.05, 3.63) is 83.3 Å². The number of rotatable bonds is 7. The predicted octanol–water partition coefficient (Wildman–Crippen LogP) is 4.54. The Balaban J connectivity index is 1.75. The summed E-state index contributed by atoms with van der Waals surface area (Å²) in [5.41, 5.74) is 0.350. The van der Waals surface area contributed by atoms with Crippen LogP contribution in [0.2, 0.25) is 0 Å². The summed E-state index contributed by atoms with van der Waals surface area (Å²) in [6.07, 6.45) is -4.12. The summed E-state index contributed by atoms with van der Waals surface area (Å²) < 4.78 is 60.1. The first-order valence-electron chi connectivity index (χ1n) is 8.90. The monoisotopic (exact) mass is 450 g/mol. The van der Waals surface area contributed by atoms with Gasteiger partial charge in [0.1, 0.15) is 22.9 Å². The average Bonchev–Trinajstić information content (AvgIpc) is 2.72. The highest BCUT2D eigenvalue weighted by Gasteiger charge is 2.31. The number of halogens is 4. The Morgan fingerprint density at radius 3 is 2.38 bits per heavy atom. The van der Waals surface area contributed by atoms with Crippen LogP contribution in [0.3, 0.4) is 0 Å². The highest BCUT2D eigenvalue weighted by atomic mass is 19.4. The molecule has 3 rings (SSSR count). The molecule has 11 heteroatoms. The van der Waals surface area contributed by atoms with E-state index >= 15 is 0 Å². The van der Waals surface area contributed by atoms with E-state index in [4.69, 9.17) is 9.84 Å². The van der Waals surface area contributed by atoms with Crippen molar-refractivity contribution in [1.82, 2.24) is 10.3 Å². The summed E-state index contributed by atoms with van der Waals surface area (Å²) in [6.45, 7) is -0.0103. The van der Waals surface area contributed by atoms with Gasteiger partial charge < -0.3 is 19.9 Å². The molecular weight excluding hydrogens is 436 g/mol. The lowest BCUT2D eigenvalue weighted by Gasteiger charge is -2.12. The lowest BCUT2D eigenvalue weighted by Crippen LogP contribution is -2.23. The fraction of sp³-hybridized carbons (Fsp3) is 0.0952. The Bertz CT molecular complexity index is 1130. The number of aromatic carboxylic acids is 1. The number of alkyl halides is 3. The van der Waals surface area contributed by atoms with Gasteiger partial charge in [-0.25, -0.2) is 14.2 Å². The lowest BCUT2D eigenvalue weighted by molar-refractivity contribution is -0.274. The van der Waals surface area contributed by atoms with E-state index in [0.29, 0.717) is 5.56 Å². The fourth-order valence-corrected chi connectivity index (χ4v) is 2.56. The Labute approximate surface area is 178 Å². The number of carbonyl (C=O) groups is 2. The quantitative estimate of drug-likeness (QED) is 0.513. The summed E-state index contributed by atoms with van der Waals surface area (Å²) in [6, 6.07) is 11.1. The largest absolute Gasteiger partial charge is 0.573 e. The summed E-state index contributed by atoms with van der Waals surface area (Å²) in [4.78, 5) is 27.1. The van der Waals surface area contributed by atoms with Crippen molar-refractivity contribution in [3.63, 3.8) is 0 Å². The number of pyridine rings is 1. The van der Waals surface area contributed by atoms with E-state index in [1.54, 1.807) is 0 Å². The fourth-order valence-electron chi connectivity index (χ4n) is 2.56. The van der Waals surface area contributed by atoms with E-state index in [2.05, 4.69) is 15.0 Å². The number of nitrogens with zero attached hydrogens (tertiary/aromatic N) is 1. The maximum atomic E-state index is 13.7. The van der Waals surface area contributed by atoms with Gasteiger partial charge in [-0.3, -0.25) is 4.79 Å². The van der Waals surface area contributed by atoms with E-state index < -0.39 is 29.8 Å². The predicted molar refractivity (Wildman–Crippen MR) is 102 cm³/mol. The van der Waals surface area contributed by atoms with Crippen LogP contribution in [0.4, 0.5) is 17.6 Å². The van der Waals surface area contributed by atoms with Crippen molar-refractivity contribution in [2.24, 2.45) is 0 Å². The lowest BCUT2D eigenvalue weighted by atomic mass is 10.1. The van der Waals surface area contributed by atoms with Gasteiger partial charge in [0.15, 0.2) is 0 Å². The number of carbonyl (C=O) groups excluding carboxylic acids is 1. The number of carboxylic acids is 1. The summed E-state index contributed by atoms with van der Waals surface area (Å²) in [7, 11) is 0. The van der Waals surface area contributed by atoms with Gasteiger partial charge in [-0.15, -0.1) is 13.2 Å². The van der Waals surface area contributed by atoms with Crippen LogP contribution in [0, 0.1) is 5.82 Å². The SMILES string of the molecule is O=C(O)c1ccc(CNC(=O)c2cc(F)cnc2Oc2cccc(OC(F)(F)F)c2)cc1. The molecule has 2 aromatic carbocycles. The molecule has 0 bridgehead atoms. The van der Waals surface area contributed by atoms with Gasteiger partial charge in [0, 0.05) is 12.6 Å². The molecule has 1 heterocycles. The Kier molecular flexibility index (Phi) is 6.57. The van der Waals surface area contributed by atoms with Crippen LogP contribution in [0.1, 0.15) is 26.3 Å². The highest BCUT2D eigenvalue weighted by Crippen LogP contribution is 2.29. The van der Waals surface area contributed by atoms with Crippen LogP contribution in [0.25, 0.3) is 0 Å². The maximum absolute atomic E-state index is 13.7. The summed E-state index contributed by atoms with van der Waals surface area (Å²) >= 11 is 0. The molecule has 0 aliphatic rings. The number of ether oxygens (including phenoxy) is 2. The second-order valence-electron chi connectivity index (χ2n) is 6.32. The molecule has 2 N–H and O–H groups in total. The summed E-state index contributed by atoms with van der Waals surface area (Å²) in [5.74, 6) is -3.70. The molecule has 3 aromatic rings. The smallest absolute Gasteiger partial charge is 0.478 e. The molecule has 0 fully saturated rings. The number of carboxylic acid groups (broad SMARTS) is 1. The number of aromatic nitrogens is 1. The number of hydrogen-bond donors (Lipinski definition) is 2. The van der Waals surface area contributed by atoms with Crippen molar-refractivity contribution in [2.75, 3.05) is 0 Å². The third kappa shape index (κ3) is 6.17. The minimum Gasteiger partial charge on any atom is -0.478 e. The molecule has 0 saturated heterocycles. The highest BCUT2D eigenvalue weighted by molar-refractivity contribution is 5.96. The van der Waals surface area contributed by atoms with Crippen molar-refractivity contribution in [2.45, 2.75) is 12.9 Å². The molecule has 0 saturated carbocycles. The van der Waals surface area contributed by atoms with Gasteiger partial charge in [0.05, 0.1) is 11.8 Å². The van der Waals surface area contributed by atoms with Crippen LogP contribution in [0.15, 0.2) is 60.8 Å². The van der Waals surface area contributed by atoms with Gasteiger partial charge >= 0.3 is 12.3 Å². The molecular formula is C21H14F4N2O5. The van der Waals surface area contributed by atoms with Crippen LogP contribution >= 0.6 is 0 Å². The first-order valence-corrected chi connectivity index (χ1v) is 8.90. The van der Waals surface area contributed by atoms with Crippen LogP contribution in [-0.2, 0) is 6.54 Å². The zero-order valence-corrected chi connectivity index (χ0v) is 16.0. The topological polar surface area (TPSA) is 97.8 Å². The molecule has 0 atom stereocenters. The van der Waals surface area contributed by atoms with Gasteiger partial charge in [-0.1, -0.05) is 18.2 Å². The molecule has 0 aliphatic heterocycles. The van der Waals surface area contributed by atoms with Gasteiger partial charge in [-0.05, 0) is 35.9 Å². The zero-order valence-electron chi connectivity index (χ0n) is 16.0. The van der Waals surface area contributed by atoms with E-state index in [1.807, 2.05) is 0 Å². The second kappa shape index (κ2) is 9.33. The molecule has 1 amide bonds. The van der Waals surface area contributed by atoms with Crippen molar-refractivity contribution >= 4 is 11.9 Å². The minimum atomic E-state index is -4.90. The molecule has 0 radical (unpaired) electrons. The molecule has 0 aliphatic carbocycles. The Morgan fingerprint density at radius 1 is 1.03 bits per heavy atom. The van der Waals surface area contributed by atoms with E-state index in [0.717, 1.165) is 24.4 Å². The number of amides is 1. The first kappa shape index (κ1) is 22.5. The van der Waals surface area contributed by atoms with Gasteiger partial charge in [-0.2, -0.15) is 0 Å². The molecule has 0 spiro atoms. The van der Waals surface area contributed by atoms with Crippen LogP contribution < -0.4 is 14.8 Å². The Morgan fingerprint density at radius 2 is 1.72 bits per heavy atom. The number of hydrogen-bond acceptors (Lipinski definition) is 5. The normalized spacial score (nSPS) is 11.0. The number of nitrogens with one attached hydrogen (secondary N) is 1. The third-order valence-electron chi connectivity index (χ3n) is 3.97.